The van der Waals surface area contributed by atoms with Crippen LogP contribution in [0.1, 0.15) is 31.3 Å². The maximum atomic E-state index is 13.0. The number of fused-ring (bicyclic) bond motifs is 1. The number of nitrogens with zero attached hydrogens (tertiary/aromatic N) is 2. The maximum Gasteiger partial charge on any atom is 0.339 e. The Bertz CT molecular complexity index is 1150. The van der Waals surface area contributed by atoms with Crippen molar-refractivity contribution in [3.63, 3.8) is 0 Å². The molecule has 150 valence electrons. The third kappa shape index (κ3) is 4.39. The summed E-state index contributed by atoms with van der Waals surface area (Å²) in [6.45, 7) is 0.523. The second-order valence-corrected chi connectivity index (χ2v) is 7.96. The summed E-state index contributed by atoms with van der Waals surface area (Å²) in [5.41, 5.74) is 2.48. The summed E-state index contributed by atoms with van der Waals surface area (Å²) < 4.78 is 6.51. The average Bonchev–Trinajstić information content (AvgIpc) is 3.20. The zero-order valence-corrected chi connectivity index (χ0v) is 17.3. The fourth-order valence-corrected chi connectivity index (χ4v) is 4.05. The van der Waals surface area contributed by atoms with Gasteiger partial charge in [-0.05, 0) is 29.8 Å². The molecule has 0 spiro atoms. The molecule has 0 atom stereocenters. The summed E-state index contributed by atoms with van der Waals surface area (Å²) in [5, 5.41) is 0.717. The van der Waals surface area contributed by atoms with Crippen LogP contribution in [-0.2, 0) is 17.9 Å². The van der Waals surface area contributed by atoms with Gasteiger partial charge in [0.05, 0.1) is 21.3 Å². The van der Waals surface area contributed by atoms with Crippen LogP contribution in [0.5, 0.6) is 0 Å². The minimum absolute atomic E-state index is 0.0700. The minimum atomic E-state index is -0.536. The molecule has 3 aromatic carbocycles. The Morgan fingerprint density at radius 1 is 0.900 bits per heavy atom. The van der Waals surface area contributed by atoms with Crippen molar-refractivity contribution in [1.29, 1.82) is 0 Å². The van der Waals surface area contributed by atoms with Gasteiger partial charge in [-0.1, -0.05) is 54.6 Å². The van der Waals surface area contributed by atoms with Crippen LogP contribution in [0.4, 0.5) is 0 Å². The van der Waals surface area contributed by atoms with E-state index in [0.717, 1.165) is 20.8 Å². The van der Waals surface area contributed by atoms with Gasteiger partial charge in [0.15, 0.2) is 0 Å². The van der Waals surface area contributed by atoms with Crippen molar-refractivity contribution in [2.75, 3.05) is 7.05 Å². The summed E-state index contributed by atoms with van der Waals surface area (Å²) in [6.07, 6.45) is 0. The zero-order valence-electron chi connectivity index (χ0n) is 16.4. The first-order valence-corrected chi connectivity index (χ1v) is 10.3. The fourth-order valence-electron chi connectivity index (χ4n) is 3.17. The molecule has 0 radical (unpaired) electrons. The normalized spacial score (nSPS) is 10.7. The fraction of sp³-hybridized carbons (Fsp3) is 0.125. The number of amides is 1. The molecule has 5 nitrogen and oxygen atoms in total. The molecular formula is C24H20N2O3S. The van der Waals surface area contributed by atoms with Crippen molar-refractivity contribution >= 4 is 33.4 Å². The number of ether oxygens (including phenoxy) is 1. The number of thiazole rings is 1. The number of aromatic nitrogens is 1. The number of carbonyl (C=O) groups excluding carboxylic acids is 2. The van der Waals surface area contributed by atoms with Crippen molar-refractivity contribution < 1.29 is 14.3 Å². The quantitative estimate of drug-likeness (QED) is 0.419. The van der Waals surface area contributed by atoms with E-state index in [-0.39, 0.29) is 18.1 Å². The molecule has 0 N–H and O–H groups in total. The molecule has 0 saturated heterocycles. The topological polar surface area (TPSA) is 59.5 Å². The molecule has 4 rings (SSSR count). The summed E-state index contributed by atoms with van der Waals surface area (Å²) in [4.78, 5) is 31.8. The first-order valence-electron chi connectivity index (χ1n) is 9.52. The van der Waals surface area contributed by atoms with Gasteiger partial charge >= 0.3 is 5.97 Å². The Kier molecular flexibility index (Phi) is 5.86. The highest BCUT2D eigenvalue weighted by atomic mass is 32.1. The lowest BCUT2D eigenvalue weighted by Gasteiger charge is -2.19. The van der Waals surface area contributed by atoms with Crippen LogP contribution >= 0.6 is 11.3 Å². The van der Waals surface area contributed by atoms with Crippen LogP contribution in [0.3, 0.4) is 0 Å². The number of para-hydroxylation sites is 1. The molecule has 0 saturated carbocycles. The summed E-state index contributed by atoms with van der Waals surface area (Å²) in [6, 6.07) is 24.2. The molecule has 0 bridgehead atoms. The van der Waals surface area contributed by atoms with Crippen LogP contribution in [0.2, 0.25) is 0 Å². The first kappa shape index (κ1) is 19.8. The lowest BCUT2D eigenvalue weighted by atomic mass is 10.1. The molecule has 4 aromatic rings. The van der Waals surface area contributed by atoms with E-state index in [1.165, 1.54) is 11.3 Å². The van der Waals surface area contributed by atoms with Crippen LogP contribution in [-0.4, -0.2) is 28.8 Å². The predicted molar refractivity (Wildman–Crippen MR) is 117 cm³/mol. The third-order valence-electron chi connectivity index (χ3n) is 4.65. The Hall–Kier alpha value is -3.51. The molecule has 0 aliphatic heterocycles. The highest BCUT2D eigenvalue weighted by Gasteiger charge is 2.21. The van der Waals surface area contributed by atoms with E-state index in [1.807, 2.05) is 54.6 Å². The molecule has 1 amide bonds. The van der Waals surface area contributed by atoms with Gasteiger partial charge in [-0.25, -0.2) is 9.78 Å². The van der Waals surface area contributed by atoms with E-state index in [1.54, 1.807) is 36.2 Å². The van der Waals surface area contributed by atoms with Gasteiger partial charge in [0.1, 0.15) is 11.6 Å². The van der Waals surface area contributed by atoms with Crippen molar-refractivity contribution in [1.82, 2.24) is 9.88 Å². The highest BCUT2D eigenvalue weighted by Crippen LogP contribution is 2.23. The summed E-state index contributed by atoms with van der Waals surface area (Å²) in [7, 11) is 1.72. The monoisotopic (exact) mass is 416 g/mol. The lowest BCUT2D eigenvalue weighted by Crippen LogP contribution is -2.28. The van der Waals surface area contributed by atoms with E-state index in [9.17, 15) is 9.59 Å². The smallest absolute Gasteiger partial charge is 0.339 e. The van der Waals surface area contributed by atoms with Crippen molar-refractivity contribution in [3.05, 3.63) is 101 Å². The van der Waals surface area contributed by atoms with E-state index < -0.39 is 5.97 Å². The largest absolute Gasteiger partial charge is 0.455 e. The van der Waals surface area contributed by atoms with E-state index in [4.69, 9.17) is 4.74 Å². The zero-order chi connectivity index (χ0) is 20.9. The number of esters is 1. The summed E-state index contributed by atoms with van der Waals surface area (Å²) in [5.74, 6) is -0.766. The average molecular weight is 417 g/mol. The van der Waals surface area contributed by atoms with Crippen LogP contribution in [0.25, 0.3) is 10.2 Å². The molecule has 0 aliphatic carbocycles. The standard InChI is InChI=1S/C24H20N2O3S/c1-26(15-17-9-3-2-4-10-17)23(27)18-11-5-6-12-19(18)24(28)29-16-22-25-20-13-7-8-14-21(20)30-22/h2-14H,15-16H2,1H3. The molecule has 0 unspecified atom stereocenters. The molecule has 0 fully saturated rings. The van der Waals surface area contributed by atoms with Crippen molar-refractivity contribution in [3.8, 4) is 0 Å². The van der Waals surface area contributed by atoms with Crippen molar-refractivity contribution in [2.45, 2.75) is 13.2 Å². The van der Waals surface area contributed by atoms with Gasteiger partial charge in [0.2, 0.25) is 0 Å². The maximum absolute atomic E-state index is 13.0. The van der Waals surface area contributed by atoms with Crippen LogP contribution in [0.15, 0.2) is 78.9 Å². The van der Waals surface area contributed by atoms with Crippen LogP contribution < -0.4 is 0 Å². The van der Waals surface area contributed by atoms with E-state index >= 15 is 0 Å². The molecular weight excluding hydrogens is 396 g/mol. The molecule has 1 aromatic heterocycles. The number of rotatable bonds is 6. The van der Waals surface area contributed by atoms with Crippen LogP contribution in [0, 0.1) is 0 Å². The Labute approximate surface area is 178 Å². The van der Waals surface area contributed by atoms with Gasteiger partial charge in [-0.2, -0.15) is 0 Å². The summed E-state index contributed by atoms with van der Waals surface area (Å²) >= 11 is 1.49. The van der Waals surface area contributed by atoms with Gasteiger partial charge in [-0.3, -0.25) is 4.79 Å². The Morgan fingerprint density at radius 3 is 2.33 bits per heavy atom. The number of benzene rings is 3. The van der Waals surface area contributed by atoms with E-state index in [2.05, 4.69) is 4.98 Å². The third-order valence-corrected chi connectivity index (χ3v) is 5.66. The lowest BCUT2D eigenvalue weighted by molar-refractivity contribution is 0.0467. The molecule has 6 heteroatoms. The number of hydrogen-bond acceptors (Lipinski definition) is 5. The molecule has 30 heavy (non-hydrogen) atoms. The first-order chi connectivity index (χ1) is 14.6. The molecule has 0 aliphatic rings. The minimum Gasteiger partial charge on any atom is -0.455 e. The SMILES string of the molecule is CN(Cc1ccccc1)C(=O)c1ccccc1C(=O)OCc1nc2ccccc2s1. The van der Waals surface area contributed by atoms with Gasteiger partial charge in [0, 0.05) is 13.6 Å². The second kappa shape index (κ2) is 8.88. The van der Waals surface area contributed by atoms with Gasteiger partial charge in [0.25, 0.3) is 5.91 Å². The number of hydrogen-bond donors (Lipinski definition) is 0. The van der Waals surface area contributed by atoms with Crippen molar-refractivity contribution in [2.24, 2.45) is 0 Å². The Balaban J connectivity index is 1.47. The van der Waals surface area contributed by atoms with Gasteiger partial charge < -0.3 is 9.64 Å². The second-order valence-electron chi connectivity index (χ2n) is 6.84. The molecule has 1 heterocycles. The highest BCUT2D eigenvalue weighted by molar-refractivity contribution is 7.18. The van der Waals surface area contributed by atoms with Gasteiger partial charge in [-0.15, -0.1) is 11.3 Å². The number of carbonyl (C=O) groups is 2. The predicted octanol–water partition coefficient (Wildman–Crippen LogP) is 4.93. The Morgan fingerprint density at radius 2 is 1.57 bits per heavy atom. The van der Waals surface area contributed by atoms with E-state index in [0.29, 0.717) is 12.1 Å².